The highest BCUT2D eigenvalue weighted by Gasteiger charge is 2.31. The van der Waals surface area contributed by atoms with Crippen molar-refractivity contribution >= 4 is 11.6 Å². The first kappa shape index (κ1) is 13.2. The number of para-hydroxylation sites is 1. The van der Waals surface area contributed by atoms with Crippen LogP contribution in [0.4, 0.5) is 5.69 Å². The van der Waals surface area contributed by atoms with Gasteiger partial charge in [0.2, 0.25) is 0 Å². The van der Waals surface area contributed by atoms with Gasteiger partial charge in [-0.25, -0.2) is 0 Å². The molecule has 3 rings (SSSR count). The molecule has 0 aliphatic carbocycles. The monoisotopic (exact) mass is 278 g/mol. The molecule has 1 atom stereocenters. The number of fused-ring (bicyclic) bond motifs is 1. The average molecular weight is 278 g/mol. The third-order valence-corrected chi connectivity index (χ3v) is 3.64. The van der Waals surface area contributed by atoms with E-state index in [0.717, 1.165) is 17.0 Å². The van der Waals surface area contributed by atoms with E-state index in [4.69, 9.17) is 10.00 Å². The zero-order valence-electron chi connectivity index (χ0n) is 11.6. The summed E-state index contributed by atoms with van der Waals surface area (Å²) in [6, 6.07) is 16.7. The third-order valence-electron chi connectivity index (χ3n) is 3.64. The van der Waals surface area contributed by atoms with Gasteiger partial charge in [-0.3, -0.25) is 4.79 Å². The second kappa shape index (κ2) is 5.29. The van der Waals surface area contributed by atoms with Crippen LogP contribution in [-0.4, -0.2) is 19.1 Å². The van der Waals surface area contributed by atoms with E-state index in [1.54, 1.807) is 36.2 Å². The molecule has 1 aliphatic heterocycles. The Hall–Kier alpha value is -2.80. The number of hydrogen-bond donors (Lipinski definition) is 0. The van der Waals surface area contributed by atoms with Gasteiger partial charge in [0.1, 0.15) is 5.75 Å². The zero-order valence-corrected chi connectivity index (χ0v) is 11.6. The van der Waals surface area contributed by atoms with E-state index in [2.05, 4.69) is 6.07 Å². The summed E-state index contributed by atoms with van der Waals surface area (Å²) in [5.74, 6) is 0.694. The van der Waals surface area contributed by atoms with Gasteiger partial charge in [0.05, 0.1) is 11.6 Å². The average Bonchev–Trinajstić information content (AvgIpc) is 2.97. The fourth-order valence-corrected chi connectivity index (χ4v) is 2.42. The Kier molecular flexibility index (Phi) is 3.33. The molecule has 4 heteroatoms. The Morgan fingerprint density at radius 3 is 2.62 bits per heavy atom. The van der Waals surface area contributed by atoms with Crippen LogP contribution in [0.15, 0.2) is 48.5 Å². The molecule has 0 fully saturated rings. The highest BCUT2D eigenvalue weighted by atomic mass is 16.5. The molecule has 104 valence electrons. The summed E-state index contributed by atoms with van der Waals surface area (Å²) in [7, 11) is 1.72. The molecule has 0 saturated carbocycles. The Labute approximate surface area is 123 Å². The second-order valence-corrected chi connectivity index (χ2v) is 4.97. The van der Waals surface area contributed by atoms with Crippen LogP contribution < -0.4 is 9.64 Å². The number of amides is 1. The van der Waals surface area contributed by atoms with Gasteiger partial charge in [-0.1, -0.05) is 18.2 Å². The first-order valence-corrected chi connectivity index (χ1v) is 6.71. The normalized spacial score (nSPS) is 15.7. The summed E-state index contributed by atoms with van der Waals surface area (Å²) < 4.78 is 5.71. The second-order valence-electron chi connectivity index (χ2n) is 4.97. The predicted molar refractivity (Wildman–Crippen MR) is 79.1 cm³/mol. The van der Waals surface area contributed by atoms with Crippen LogP contribution >= 0.6 is 0 Å². The Balaban J connectivity index is 1.75. The number of hydrogen-bond acceptors (Lipinski definition) is 3. The number of benzene rings is 2. The SMILES string of the molecule is CN(C(=O)C1Cc2ccccc2O1)c1ccc(C#N)cc1. The maximum absolute atomic E-state index is 12.5. The number of carbonyl (C=O) groups is 1. The highest BCUT2D eigenvalue weighted by molar-refractivity contribution is 5.97. The fraction of sp³-hybridized carbons (Fsp3) is 0.176. The standard InChI is InChI=1S/C17H14N2O2/c1-19(14-8-6-12(11-18)7-9-14)17(20)16-10-13-4-2-3-5-15(13)21-16/h2-9,16H,10H2,1H3. The quantitative estimate of drug-likeness (QED) is 0.848. The van der Waals surface area contributed by atoms with Gasteiger partial charge < -0.3 is 9.64 Å². The molecule has 1 aliphatic rings. The lowest BCUT2D eigenvalue weighted by atomic mass is 10.1. The van der Waals surface area contributed by atoms with Crippen molar-refractivity contribution < 1.29 is 9.53 Å². The van der Waals surface area contributed by atoms with Crippen LogP contribution in [-0.2, 0) is 11.2 Å². The molecular weight excluding hydrogens is 264 g/mol. The Bertz CT molecular complexity index is 691. The molecule has 2 aromatic rings. The summed E-state index contributed by atoms with van der Waals surface area (Å²) in [6.45, 7) is 0. The molecule has 4 nitrogen and oxygen atoms in total. The van der Waals surface area contributed by atoms with Crippen LogP contribution in [0, 0.1) is 11.3 Å². The van der Waals surface area contributed by atoms with Crippen molar-refractivity contribution in [3.05, 3.63) is 59.7 Å². The van der Waals surface area contributed by atoms with Crippen molar-refractivity contribution in [2.24, 2.45) is 0 Å². The number of likely N-dealkylation sites (N-methyl/N-ethyl adjacent to an activating group) is 1. The first-order valence-electron chi connectivity index (χ1n) is 6.71. The van der Waals surface area contributed by atoms with Gasteiger partial charge in [-0.2, -0.15) is 5.26 Å². The maximum Gasteiger partial charge on any atom is 0.268 e. The predicted octanol–water partition coefficient (Wildman–Crippen LogP) is 2.52. The van der Waals surface area contributed by atoms with E-state index in [0.29, 0.717) is 12.0 Å². The minimum atomic E-state index is -0.483. The molecule has 21 heavy (non-hydrogen) atoms. The summed E-state index contributed by atoms with van der Waals surface area (Å²) in [5, 5.41) is 8.80. The molecule has 1 heterocycles. The molecule has 0 N–H and O–H groups in total. The minimum Gasteiger partial charge on any atom is -0.480 e. The van der Waals surface area contributed by atoms with Crippen molar-refractivity contribution in [1.29, 1.82) is 5.26 Å². The van der Waals surface area contributed by atoms with Gasteiger partial charge >= 0.3 is 0 Å². The fourth-order valence-electron chi connectivity index (χ4n) is 2.42. The lowest BCUT2D eigenvalue weighted by Gasteiger charge is -2.21. The third kappa shape index (κ3) is 2.46. The van der Waals surface area contributed by atoms with Crippen LogP contribution in [0.1, 0.15) is 11.1 Å². The molecule has 1 amide bonds. The molecule has 0 bridgehead atoms. The number of nitrogens with zero attached hydrogens (tertiary/aromatic N) is 2. The van der Waals surface area contributed by atoms with Crippen molar-refractivity contribution in [3.63, 3.8) is 0 Å². The summed E-state index contributed by atoms with van der Waals surface area (Å²) >= 11 is 0. The molecule has 0 saturated heterocycles. The lowest BCUT2D eigenvalue weighted by Crippen LogP contribution is -2.39. The molecule has 1 unspecified atom stereocenters. The molecule has 0 radical (unpaired) electrons. The van der Waals surface area contributed by atoms with Gasteiger partial charge in [0.25, 0.3) is 5.91 Å². The summed E-state index contributed by atoms with van der Waals surface area (Å²) in [4.78, 5) is 14.1. The van der Waals surface area contributed by atoms with Gasteiger partial charge in [0.15, 0.2) is 6.10 Å². The van der Waals surface area contributed by atoms with Crippen molar-refractivity contribution in [1.82, 2.24) is 0 Å². The zero-order chi connectivity index (χ0) is 14.8. The van der Waals surface area contributed by atoms with E-state index in [1.165, 1.54) is 0 Å². The van der Waals surface area contributed by atoms with E-state index < -0.39 is 6.10 Å². The van der Waals surface area contributed by atoms with Crippen molar-refractivity contribution in [2.75, 3.05) is 11.9 Å². The van der Waals surface area contributed by atoms with E-state index in [9.17, 15) is 4.79 Å². The largest absolute Gasteiger partial charge is 0.480 e. The van der Waals surface area contributed by atoms with Gasteiger partial charge in [0, 0.05) is 19.2 Å². The first-order chi connectivity index (χ1) is 10.2. The topological polar surface area (TPSA) is 53.3 Å². The number of anilines is 1. The number of rotatable bonds is 2. The number of nitriles is 1. The van der Waals surface area contributed by atoms with Crippen LogP contribution in [0.5, 0.6) is 5.75 Å². The minimum absolute atomic E-state index is 0.0871. The van der Waals surface area contributed by atoms with Crippen LogP contribution in [0.3, 0.4) is 0 Å². The van der Waals surface area contributed by atoms with Gasteiger partial charge in [-0.15, -0.1) is 0 Å². The lowest BCUT2D eigenvalue weighted by molar-refractivity contribution is -0.124. The van der Waals surface area contributed by atoms with Crippen molar-refractivity contribution in [2.45, 2.75) is 12.5 Å². The number of carbonyl (C=O) groups excluding carboxylic acids is 1. The summed E-state index contributed by atoms with van der Waals surface area (Å²) in [5.41, 5.74) is 2.38. The summed E-state index contributed by atoms with van der Waals surface area (Å²) in [6.07, 6.45) is 0.110. The maximum atomic E-state index is 12.5. The van der Waals surface area contributed by atoms with E-state index >= 15 is 0 Å². The smallest absolute Gasteiger partial charge is 0.268 e. The van der Waals surface area contributed by atoms with E-state index in [-0.39, 0.29) is 5.91 Å². The molecule has 2 aromatic carbocycles. The van der Waals surface area contributed by atoms with Crippen molar-refractivity contribution in [3.8, 4) is 11.8 Å². The van der Waals surface area contributed by atoms with E-state index in [1.807, 2.05) is 24.3 Å². The Morgan fingerprint density at radius 1 is 1.24 bits per heavy atom. The highest BCUT2D eigenvalue weighted by Crippen LogP contribution is 2.29. The molecular formula is C17H14N2O2. The van der Waals surface area contributed by atoms with Gasteiger partial charge in [-0.05, 0) is 35.9 Å². The van der Waals surface area contributed by atoms with Crippen LogP contribution in [0.25, 0.3) is 0 Å². The Morgan fingerprint density at radius 2 is 1.95 bits per heavy atom. The van der Waals surface area contributed by atoms with Crippen LogP contribution in [0.2, 0.25) is 0 Å². The molecule has 0 aromatic heterocycles. The number of ether oxygens (including phenoxy) is 1. The molecule has 0 spiro atoms.